The maximum absolute atomic E-state index is 12.4. The van der Waals surface area contributed by atoms with Gasteiger partial charge in [-0.1, -0.05) is 12.8 Å². The molecule has 2 aliphatic rings. The third kappa shape index (κ3) is 2.78. The number of nitrogens with two attached hydrogens (primary N) is 1. The maximum atomic E-state index is 12.4. The summed E-state index contributed by atoms with van der Waals surface area (Å²) >= 11 is 0. The Hall–Kier alpha value is -0.650. The van der Waals surface area contributed by atoms with Gasteiger partial charge in [-0.25, -0.2) is 0 Å². The molecule has 17 heavy (non-hydrogen) atoms. The van der Waals surface area contributed by atoms with E-state index < -0.39 is 0 Å². The molecule has 0 aromatic rings. The molecule has 5 heteroatoms. The third-order valence-electron chi connectivity index (χ3n) is 3.81. The maximum Gasteiger partial charge on any atom is 0.230 e. The molecule has 0 spiro atoms. The predicted molar refractivity (Wildman–Crippen MR) is 63.3 cm³/mol. The van der Waals surface area contributed by atoms with Crippen LogP contribution in [0.1, 0.15) is 25.7 Å². The van der Waals surface area contributed by atoms with E-state index in [-0.39, 0.29) is 30.5 Å². The van der Waals surface area contributed by atoms with Gasteiger partial charge < -0.3 is 20.5 Å². The molecule has 0 aromatic carbocycles. The van der Waals surface area contributed by atoms with Crippen molar-refractivity contribution in [1.29, 1.82) is 0 Å². The van der Waals surface area contributed by atoms with Gasteiger partial charge in [0.1, 0.15) is 0 Å². The molecule has 3 atom stereocenters. The number of aliphatic hydroxyl groups is 1. The first kappa shape index (κ1) is 12.8. The van der Waals surface area contributed by atoms with Crippen molar-refractivity contribution >= 4 is 5.91 Å². The highest BCUT2D eigenvalue weighted by molar-refractivity contribution is 5.80. The molecule has 5 nitrogen and oxygen atoms in total. The number of carbonyl (C=O) groups is 1. The quantitative estimate of drug-likeness (QED) is 0.698. The van der Waals surface area contributed by atoms with Crippen molar-refractivity contribution in [3.8, 4) is 0 Å². The number of aliphatic hydroxyl groups excluding tert-OH is 1. The van der Waals surface area contributed by atoms with Gasteiger partial charge >= 0.3 is 0 Å². The summed E-state index contributed by atoms with van der Waals surface area (Å²) in [5, 5.41) is 9.39. The second kappa shape index (κ2) is 5.80. The first-order chi connectivity index (χ1) is 8.24. The van der Waals surface area contributed by atoms with Gasteiger partial charge in [-0.2, -0.15) is 0 Å². The van der Waals surface area contributed by atoms with Crippen LogP contribution in [0.25, 0.3) is 0 Å². The molecular formula is C12H22N2O3. The Morgan fingerprint density at radius 1 is 1.35 bits per heavy atom. The molecule has 0 aromatic heterocycles. The van der Waals surface area contributed by atoms with Crippen LogP contribution in [0.3, 0.4) is 0 Å². The van der Waals surface area contributed by atoms with Crippen LogP contribution < -0.4 is 5.73 Å². The Morgan fingerprint density at radius 3 is 2.82 bits per heavy atom. The lowest BCUT2D eigenvalue weighted by atomic mass is 10.0. The van der Waals surface area contributed by atoms with Gasteiger partial charge in [0.15, 0.2) is 0 Å². The Morgan fingerprint density at radius 2 is 2.18 bits per heavy atom. The van der Waals surface area contributed by atoms with Crippen LogP contribution >= 0.6 is 0 Å². The zero-order valence-corrected chi connectivity index (χ0v) is 10.2. The molecule has 2 heterocycles. The highest BCUT2D eigenvalue weighted by Crippen LogP contribution is 2.22. The van der Waals surface area contributed by atoms with Crippen LogP contribution in [-0.2, 0) is 9.53 Å². The SMILES string of the molecule is NC1COCC1C(=O)N1CCCCCC1CO. The summed E-state index contributed by atoms with van der Waals surface area (Å²) in [6.45, 7) is 1.69. The van der Waals surface area contributed by atoms with E-state index in [2.05, 4.69) is 0 Å². The Balaban J connectivity index is 2.04. The van der Waals surface area contributed by atoms with Crippen molar-refractivity contribution in [2.45, 2.75) is 37.8 Å². The molecule has 2 rings (SSSR count). The van der Waals surface area contributed by atoms with Crippen molar-refractivity contribution in [3.05, 3.63) is 0 Å². The minimum absolute atomic E-state index is 0.0298. The molecular weight excluding hydrogens is 220 g/mol. The lowest BCUT2D eigenvalue weighted by Gasteiger charge is -2.31. The van der Waals surface area contributed by atoms with E-state index in [1.807, 2.05) is 4.90 Å². The molecule has 0 radical (unpaired) electrons. The van der Waals surface area contributed by atoms with Crippen LogP contribution in [0.15, 0.2) is 0 Å². The van der Waals surface area contributed by atoms with Gasteiger partial charge in [-0.15, -0.1) is 0 Å². The summed E-state index contributed by atoms with van der Waals surface area (Å²) in [5.74, 6) is -0.155. The Bertz CT molecular complexity index is 272. The average molecular weight is 242 g/mol. The molecule has 0 aliphatic carbocycles. The highest BCUT2D eigenvalue weighted by atomic mass is 16.5. The number of rotatable bonds is 2. The van der Waals surface area contributed by atoms with Crippen LogP contribution in [0.4, 0.5) is 0 Å². The van der Waals surface area contributed by atoms with Crippen molar-refractivity contribution < 1.29 is 14.6 Å². The van der Waals surface area contributed by atoms with Crippen LogP contribution in [0, 0.1) is 5.92 Å². The van der Waals surface area contributed by atoms with Gasteiger partial charge in [-0.3, -0.25) is 4.79 Å². The van der Waals surface area contributed by atoms with E-state index in [1.165, 1.54) is 0 Å². The zero-order valence-electron chi connectivity index (χ0n) is 10.2. The molecule has 0 bridgehead atoms. The molecule has 3 unspecified atom stereocenters. The van der Waals surface area contributed by atoms with Gasteiger partial charge in [0.25, 0.3) is 0 Å². The average Bonchev–Trinajstić information content (AvgIpc) is 2.64. The number of ether oxygens (including phenoxy) is 1. The minimum atomic E-state index is -0.220. The van der Waals surface area contributed by atoms with Gasteiger partial charge in [0, 0.05) is 12.6 Å². The first-order valence-corrected chi connectivity index (χ1v) is 6.48. The van der Waals surface area contributed by atoms with E-state index in [1.54, 1.807) is 0 Å². The molecule has 2 saturated heterocycles. The summed E-state index contributed by atoms with van der Waals surface area (Å²) in [6.07, 6.45) is 4.13. The van der Waals surface area contributed by atoms with E-state index in [9.17, 15) is 9.90 Å². The number of amides is 1. The lowest BCUT2D eigenvalue weighted by Crippen LogP contribution is -2.49. The minimum Gasteiger partial charge on any atom is -0.394 e. The standard InChI is InChI=1S/C12H22N2O3/c13-11-8-17-7-10(11)12(16)14-5-3-1-2-4-9(14)6-15/h9-11,15H,1-8,13H2. The van der Waals surface area contributed by atoms with Crippen molar-refractivity contribution in [3.63, 3.8) is 0 Å². The zero-order chi connectivity index (χ0) is 12.3. The largest absolute Gasteiger partial charge is 0.394 e. The van der Waals surface area contributed by atoms with Crippen molar-refractivity contribution in [2.24, 2.45) is 11.7 Å². The number of hydrogen-bond acceptors (Lipinski definition) is 4. The van der Waals surface area contributed by atoms with Gasteiger partial charge in [0.05, 0.1) is 31.8 Å². The van der Waals surface area contributed by atoms with Crippen molar-refractivity contribution in [2.75, 3.05) is 26.4 Å². The van der Waals surface area contributed by atoms with Crippen LogP contribution in [-0.4, -0.2) is 54.4 Å². The molecule has 1 amide bonds. The van der Waals surface area contributed by atoms with Crippen molar-refractivity contribution in [1.82, 2.24) is 4.90 Å². The first-order valence-electron chi connectivity index (χ1n) is 6.48. The fourth-order valence-electron chi connectivity index (χ4n) is 2.70. The third-order valence-corrected chi connectivity index (χ3v) is 3.81. The van der Waals surface area contributed by atoms with Gasteiger partial charge in [0.2, 0.25) is 5.91 Å². The van der Waals surface area contributed by atoms with E-state index in [4.69, 9.17) is 10.5 Å². The second-order valence-corrected chi connectivity index (χ2v) is 5.03. The summed E-state index contributed by atoms with van der Waals surface area (Å²) in [5.41, 5.74) is 5.88. The topological polar surface area (TPSA) is 75.8 Å². The lowest BCUT2D eigenvalue weighted by molar-refractivity contribution is -0.139. The Kier molecular flexibility index (Phi) is 4.36. The predicted octanol–water partition coefficient (Wildman–Crippen LogP) is -0.276. The molecule has 98 valence electrons. The number of nitrogens with zero attached hydrogens (tertiary/aromatic N) is 1. The molecule has 2 fully saturated rings. The summed E-state index contributed by atoms with van der Waals surface area (Å²) in [7, 11) is 0. The number of hydrogen-bond donors (Lipinski definition) is 2. The van der Waals surface area contributed by atoms with E-state index in [0.717, 1.165) is 32.2 Å². The second-order valence-electron chi connectivity index (χ2n) is 5.03. The smallest absolute Gasteiger partial charge is 0.230 e. The molecule has 3 N–H and O–H groups in total. The summed E-state index contributed by atoms with van der Waals surface area (Å²) < 4.78 is 5.25. The number of carbonyl (C=O) groups excluding carboxylic acids is 1. The fourth-order valence-corrected chi connectivity index (χ4v) is 2.70. The highest BCUT2D eigenvalue weighted by Gasteiger charge is 2.36. The van der Waals surface area contributed by atoms with E-state index in [0.29, 0.717) is 13.2 Å². The van der Waals surface area contributed by atoms with Crippen LogP contribution in [0.2, 0.25) is 0 Å². The normalized spacial score (nSPS) is 34.7. The van der Waals surface area contributed by atoms with Crippen LogP contribution in [0.5, 0.6) is 0 Å². The molecule has 0 saturated carbocycles. The Labute approximate surface area is 102 Å². The number of likely N-dealkylation sites (tertiary alicyclic amines) is 1. The summed E-state index contributed by atoms with van der Waals surface area (Å²) in [4.78, 5) is 14.2. The fraction of sp³-hybridized carbons (Fsp3) is 0.917. The van der Waals surface area contributed by atoms with E-state index >= 15 is 0 Å². The van der Waals surface area contributed by atoms with Gasteiger partial charge in [-0.05, 0) is 12.8 Å². The monoisotopic (exact) mass is 242 g/mol. The summed E-state index contributed by atoms with van der Waals surface area (Å²) in [6, 6.07) is -0.220. The molecule has 2 aliphatic heterocycles.